The largest absolute Gasteiger partial charge is 0.377 e. The van der Waals surface area contributed by atoms with Crippen LogP contribution in [0.3, 0.4) is 0 Å². The third kappa shape index (κ3) is 2.34. The molecule has 2 heterocycles. The first kappa shape index (κ1) is 11.2. The second-order valence-electron chi connectivity index (χ2n) is 3.98. The summed E-state index contributed by atoms with van der Waals surface area (Å²) < 4.78 is 5.53. The Balaban J connectivity index is 0.000000845. The molecule has 2 fully saturated rings. The molecule has 3 nitrogen and oxygen atoms in total. The molecule has 2 aliphatic rings. The zero-order chi connectivity index (χ0) is 8.55. The number of rotatable bonds is 1. The standard InChI is InChI=1S/C9H18N2O.ClH/c1-7-9(3-5-12-7)11-4-2-8(10)6-11;/h7-9H,2-6,10H2,1H3;1H/t7?,8-,9?;/m0./s1. The molecule has 0 radical (unpaired) electrons. The minimum Gasteiger partial charge on any atom is -0.377 e. The van der Waals surface area contributed by atoms with Gasteiger partial charge in [0.25, 0.3) is 0 Å². The van der Waals surface area contributed by atoms with E-state index in [1.807, 2.05) is 0 Å². The van der Waals surface area contributed by atoms with Gasteiger partial charge in [-0.1, -0.05) is 0 Å². The lowest BCUT2D eigenvalue weighted by Gasteiger charge is -2.25. The number of likely N-dealkylation sites (tertiary alicyclic amines) is 1. The van der Waals surface area contributed by atoms with E-state index in [4.69, 9.17) is 10.5 Å². The SMILES string of the molecule is CC1OCCC1N1CC[C@H](N)C1.Cl. The topological polar surface area (TPSA) is 38.5 Å². The van der Waals surface area contributed by atoms with Gasteiger partial charge in [0.15, 0.2) is 0 Å². The van der Waals surface area contributed by atoms with E-state index in [-0.39, 0.29) is 12.4 Å². The summed E-state index contributed by atoms with van der Waals surface area (Å²) in [5.41, 5.74) is 5.86. The van der Waals surface area contributed by atoms with Gasteiger partial charge in [-0.2, -0.15) is 0 Å². The highest BCUT2D eigenvalue weighted by Gasteiger charge is 2.33. The van der Waals surface area contributed by atoms with Crippen LogP contribution in [0.1, 0.15) is 19.8 Å². The number of halogens is 1. The fourth-order valence-corrected chi connectivity index (χ4v) is 2.32. The maximum atomic E-state index is 5.86. The molecule has 3 atom stereocenters. The van der Waals surface area contributed by atoms with Gasteiger partial charge < -0.3 is 10.5 Å². The Morgan fingerprint density at radius 1 is 1.38 bits per heavy atom. The number of ether oxygens (including phenoxy) is 1. The molecule has 0 amide bonds. The van der Waals surface area contributed by atoms with Crippen LogP contribution >= 0.6 is 12.4 Å². The van der Waals surface area contributed by atoms with E-state index in [2.05, 4.69) is 11.8 Å². The third-order valence-corrected chi connectivity index (χ3v) is 3.06. The third-order valence-electron chi connectivity index (χ3n) is 3.06. The zero-order valence-corrected chi connectivity index (χ0v) is 8.93. The van der Waals surface area contributed by atoms with Gasteiger partial charge in [-0.05, 0) is 19.8 Å². The molecule has 78 valence electrons. The van der Waals surface area contributed by atoms with E-state index in [1.165, 1.54) is 13.0 Å². The summed E-state index contributed by atoms with van der Waals surface area (Å²) in [7, 11) is 0. The van der Waals surface area contributed by atoms with E-state index in [9.17, 15) is 0 Å². The summed E-state index contributed by atoms with van der Waals surface area (Å²) in [4.78, 5) is 2.49. The highest BCUT2D eigenvalue weighted by molar-refractivity contribution is 5.85. The van der Waals surface area contributed by atoms with Crippen molar-refractivity contribution < 1.29 is 4.74 Å². The summed E-state index contributed by atoms with van der Waals surface area (Å²) in [6.07, 6.45) is 2.76. The van der Waals surface area contributed by atoms with Gasteiger partial charge in [0.2, 0.25) is 0 Å². The quantitative estimate of drug-likeness (QED) is 0.684. The molecule has 2 unspecified atom stereocenters. The lowest BCUT2D eigenvalue weighted by molar-refractivity contribution is 0.0827. The normalized spacial score (nSPS) is 40.6. The minimum atomic E-state index is 0. The number of nitrogens with zero attached hydrogens (tertiary/aromatic N) is 1. The smallest absolute Gasteiger partial charge is 0.0703 e. The molecular formula is C9H19ClN2O. The van der Waals surface area contributed by atoms with Gasteiger partial charge in [0.1, 0.15) is 0 Å². The van der Waals surface area contributed by atoms with Crippen LogP contribution in [0.5, 0.6) is 0 Å². The van der Waals surface area contributed by atoms with E-state index < -0.39 is 0 Å². The molecule has 13 heavy (non-hydrogen) atoms. The van der Waals surface area contributed by atoms with E-state index in [1.54, 1.807) is 0 Å². The number of hydrogen-bond acceptors (Lipinski definition) is 3. The zero-order valence-electron chi connectivity index (χ0n) is 8.11. The van der Waals surface area contributed by atoms with Crippen molar-refractivity contribution in [1.29, 1.82) is 0 Å². The Labute approximate surface area is 86.0 Å². The van der Waals surface area contributed by atoms with Crippen molar-refractivity contribution in [2.45, 2.75) is 38.0 Å². The molecular weight excluding hydrogens is 188 g/mol. The van der Waals surface area contributed by atoms with Crippen LogP contribution in [0.25, 0.3) is 0 Å². The van der Waals surface area contributed by atoms with Crippen LogP contribution in [-0.4, -0.2) is 42.8 Å². The fourth-order valence-electron chi connectivity index (χ4n) is 2.32. The minimum absolute atomic E-state index is 0. The van der Waals surface area contributed by atoms with Crippen molar-refractivity contribution in [2.75, 3.05) is 19.7 Å². The second kappa shape index (κ2) is 4.60. The van der Waals surface area contributed by atoms with Crippen molar-refractivity contribution in [1.82, 2.24) is 4.90 Å². The predicted octanol–water partition coefficient (Wildman–Crippen LogP) is 0.619. The molecule has 0 aliphatic carbocycles. The molecule has 0 saturated carbocycles. The summed E-state index contributed by atoms with van der Waals surface area (Å²) in [5, 5.41) is 0. The molecule has 0 bridgehead atoms. The van der Waals surface area contributed by atoms with Crippen molar-refractivity contribution in [3.63, 3.8) is 0 Å². The van der Waals surface area contributed by atoms with E-state index in [0.717, 1.165) is 19.6 Å². The average Bonchev–Trinajstić information content (AvgIpc) is 2.58. The molecule has 2 aliphatic heterocycles. The van der Waals surface area contributed by atoms with Crippen molar-refractivity contribution in [2.24, 2.45) is 5.73 Å². The maximum absolute atomic E-state index is 5.86. The Morgan fingerprint density at radius 2 is 2.15 bits per heavy atom. The van der Waals surface area contributed by atoms with Crippen LogP contribution < -0.4 is 5.73 Å². The van der Waals surface area contributed by atoms with Gasteiger partial charge in [0.05, 0.1) is 6.10 Å². The summed E-state index contributed by atoms with van der Waals surface area (Å²) >= 11 is 0. The molecule has 2 N–H and O–H groups in total. The average molecular weight is 207 g/mol. The lowest BCUT2D eigenvalue weighted by atomic mass is 10.1. The molecule has 2 saturated heterocycles. The van der Waals surface area contributed by atoms with Crippen LogP contribution in [0.15, 0.2) is 0 Å². The van der Waals surface area contributed by atoms with Gasteiger partial charge in [-0.3, -0.25) is 4.90 Å². The Morgan fingerprint density at radius 3 is 2.62 bits per heavy atom. The highest BCUT2D eigenvalue weighted by Crippen LogP contribution is 2.22. The van der Waals surface area contributed by atoms with Gasteiger partial charge in [-0.25, -0.2) is 0 Å². The molecule has 4 heteroatoms. The summed E-state index contributed by atoms with van der Waals surface area (Å²) in [6, 6.07) is 1.04. The first-order valence-electron chi connectivity index (χ1n) is 4.88. The van der Waals surface area contributed by atoms with Crippen molar-refractivity contribution in [3.05, 3.63) is 0 Å². The molecule has 2 rings (SSSR count). The Hall–Kier alpha value is 0.170. The second-order valence-corrected chi connectivity index (χ2v) is 3.98. The highest BCUT2D eigenvalue weighted by atomic mass is 35.5. The van der Waals surface area contributed by atoms with Gasteiger partial charge in [0, 0.05) is 31.8 Å². The fraction of sp³-hybridized carbons (Fsp3) is 1.00. The molecule has 0 aromatic carbocycles. The predicted molar refractivity (Wildman–Crippen MR) is 55.2 cm³/mol. The molecule has 0 spiro atoms. The Kier molecular flexibility index (Phi) is 3.98. The van der Waals surface area contributed by atoms with E-state index >= 15 is 0 Å². The van der Waals surface area contributed by atoms with Crippen molar-refractivity contribution in [3.8, 4) is 0 Å². The van der Waals surface area contributed by atoms with Gasteiger partial charge >= 0.3 is 0 Å². The maximum Gasteiger partial charge on any atom is 0.0703 e. The van der Waals surface area contributed by atoms with Crippen LogP contribution in [-0.2, 0) is 4.74 Å². The van der Waals surface area contributed by atoms with Crippen molar-refractivity contribution >= 4 is 12.4 Å². The van der Waals surface area contributed by atoms with Crippen LogP contribution in [0.4, 0.5) is 0 Å². The summed E-state index contributed by atoms with van der Waals surface area (Å²) in [6.45, 7) is 5.33. The Bertz CT molecular complexity index is 168. The molecule has 0 aromatic rings. The van der Waals surface area contributed by atoms with Crippen LogP contribution in [0.2, 0.25) is 0 Å². The van der Waals surface area contributed by atoms with Gasteiger partial charge in [-0.15, -0.1) is 12.4 Å². The number of nitrogens with two attached hydrogens (primary N) is 1. The monoisotopic (exact) mass is 206 g/mol. The number of hydrogen-bond donors (Lipinski definition) is 1. The van der Waals surface area contributed by atoms with E-state index in [0.29, 0.717) is 18.2 Å². The molecule has 0 aromatic heterocycles. The lowest BCUT2D eigenvalue weighted by Crippen LogP contribution is -2.39. The first-order chi connectivity index (χ1) is 5.77. The van der Waals surface area contributed by atoms with Crippen LogP contribution in [0, 0.1) is 0 Å². The first-order valence-corrected chi connectivity index (χ1v) is 4.88. The summed E-state index contributed by atoms with van der Waals surface area (Å²) in [5.74, 6) is 0.